The number of carbonyl (C=O) groups is 1. The molecule has 0 bridgehead atoms. The van der Waals surface area contributed by atoms with Gasteiger partial charge in [0, 0.05) is 18.7 Å². The van der Waals surface area contributed by atoms with Gasteiger partial charge in [-0.25, -0.2) is 13.1 Å². The minimum atomic E-state index is -3.54. The third kappa shape index (κ3) is 4.04. The summed E-state index contributed by atoms with van der Waals surface area (Å²) in [6.45, 7) is 5.71. The molecule has 106 valence electrons. The van der Waals surface area contributed by atoms with Crippen LogP contribution in [0.2, 0.25) is 0 Å². The van der Waals surface area contributed by atoms with Crippen molar-refractivity contribution in [1.82, 2.24) is 10.0 Å². The van der Waals surface area contributed by atoms with Crippen LogP contribution < -0.4 is 10.0 Å². The smallest absolute Gasteiger partial charge is 0.251 e. The summed E-state index contributed by atoms with van der Waals surface area (Å²) in [5, 5.41) is 2.48. The number of sulfonamides is 1. The molecule has 2 N–H and O–H groups in total. The van der Waals surface area contributed by atoms with Crippen LogP contribution in [0.25, 0.3) is 0 Å². The number of amides is 1. The van der Waals surface area contributed by atoms with Gasteiger partial charge in [-0.05, 0) is 37.1 Å². The van der Waals surface area contributed by atoms with Crippen molar-refractivity contribution >= 4 is 15.9 Å². The summed E-state index contributed by atoms with van der Waals surface area (Å²) in [4.78, 5) is 11.5. The maximum atomic E-state index is 12.1. The van der Waals surface area contributed by atoms with Crippen LogP contribution in [-0.2, 0) is 10.0 Å². The molecule has 1 rings (SSSR count). The van der Waals surface area contributed by atoms with E-state index in [9.17, 15) is 13.2 Å². The Kier molecular flexibility index (Phi) is 5.08. The molecule has 0 unspecified atom stereocenters. The van der Waals surface area contributed by atoms with Crippen LogP contribution in [0.15, 0.2) is 29.2 Å². The normalized spacial score (nSPS) is 13.3. The predicted octanol–water partition coefficient (Wildman–Crippen LogP) is 1.37. The Bertz CT molecular complexity index is 536. The first-order valence-electron chi connectivity index (χ1n) is 6.12. The summed E-state index contributed by atoms with van der Waals surface area (Å²) in [6.07, 6.45) is 0. The van der Waals surface area contributed by atoms with Crippen molar-refractivity contribution in [3.05, 3.63) is 29.8 Å². The lowest BCUT2D eigenvalue weighted by atomic mass is 10.1. The van der Waals surface area contributed by atoms with Gasteiger partial charge in [0.1, 0.15) is 0 Å². The van der Waals surface area contributed by atoms with Crippen LogP contribution in [0, 0.1) is 5.92 Å². The zero-order valence-electron chi connectivity index (χ0n) is 11.6. The van der Waals surface area contributed by atoms with E-state index in [2.05, 4.69) is 10.0 Å². The molecule has 5 nitrogen and oxygen atoms in total. The molecule has 0 saturated heterocycles. The molecule has 0 aliphatic heterocycles. The van der Waals surface area contributed by atoms with Gasteiger partial charge in [0.15, 0.2) is 0 Å². The van der Waals surface area contributed by atoms with Gasteiger partial charge < -0.3 is 5.32 Å². The summed E-state index contributed by atoms with van der Waals surface area (Å²) in [5.41, 5.74) is 0.429. The van der Waals surface area contributed by atoms with Crippen molar-refractivity contribution in [2.24, 2.45) is 5.92 Å². The average molecular weight is 284 g/mol. The molecule has 0 heterocycles. The number of benzene rings is 1. The monoisotopic (exact) mass is 284 g/mol. The Morgan fingerprint density at radius 3 is 2.05 bits per heavy atom. The van der Waals surface area contributed by atoms with Gasteiger partial charge in [-0.3, -0.25) is 4.79 Å². The van der Waals surface area contributed by atoms with E-state index in [-0.39, 0.29) is 22.8 Å². The van der Waals surface area contributed by atoms with E-state index in [1.807, 2.05) is 20.8 Å². The molecular formula is C13H20N2O3S. The molecule has 0 radical (unpaired) electrons. The number of nitrogens with one attached hydrogen (secondary N) is 2. The van der Waals surface area contributed by atoms with Gasteiger partial charge >= 0.3 is 0 Å². The quantitative estimate of drug-likeness (QED) is 0.857. The highest BCUT2D eigenvalue weighted by Crippen LogP contribution is 2.12. The fourth-order valence-electron chi connectivity index (χ4n) is 1.38. The van der Waals surface area contributed by atoms with Crippen LogP contribution in [0.3, 0.4) is 0 Å². The number of hydrogen-bond donors (Lipinski definition) is 2. The average Bonchev–Trinajstić information content (AvgIpc) is 2.37. The highest BCUT2D eigenvalue weighted by Gasteiger charge is 2.19. The zero-order valence-corrected chi connectivity index (χ0v) is 12.4. The topological polar surface area (TPSA) is 75.3 Å². The Labute approximate surface area is 114 Å². The lowest BCUT2D eigenvalue weighted by molar-refractivity contribution is 0.0963. The van der Waals surface area contributed by atoms with E-state index in [0.29, 0.717) is 5.56 Å². The highest BCUT2D eigenvalue weighted by atomic mass is 32.2. The Hall–Kier alpha value is -1.40. The maximum absolute atomic E-state index is 12.1. The van der Waals surface area contributed by atoms with Crippen LogP contribution in [0.4, 0.5) is 0 Å². The second kappa shape index (κ2) is 6.16. The molecule has 6 heteroatoms. The van der Waals surface area contributed by atoms with E-state index >= 15 is 0 Å². The first-order chi connectivity index (χ1) is 8.77. The van der Waals surface area contributed by atoms with E-state index in [0.717, 1.165) is 0 Å². The molecule has 0 fully saturated rings. The Balaban J connectivity index is 2.94. The van der Waals surface area contributed by atoms with Crippen molar-refractivity contribution in [3.63, 3.8) is 0 Å². The van der Waals surface area contributed by atoms with Gasteiger partial charge in [-0.2, -0.15) is 0 Å². The lowest BCUT2D eigenvalue weighted by Gasteiger charge is -2.17. The fourth-order valence-corrected chi connectivity index (χ4v) is 2.77. The molecule has 19 heavy (non-hydrogen) atoms. The SMILES string of the molecule is CNC(=O)c1ccc(S(=O)(=O)N[C@@H](C)C(C)C)cc1. The van der Waals surface area contributed by atoms with E-state index in [1.165, 1.54) is 31.3 Å². The second-order valence-electron chi connectivity index (χ2n) is 4.76. The summed E-state index contributed by atoms with van der Waals surface area (Å²) in [7, 11) is -2.01. The second-order valence-corrected chi connectivity index (χ2v) is 6.47. The van der Waals surface area contributed by atoms with Gasteiger partial charge in [0.2, 0.25) is 10.0 Å². The van der Waals surface area contributed by atoms with E-state index in [1.54, 1.807) is 0 Å². The molecule has 1 aromatic carbocycles. The van der Waals surface area contributed by atoms with Crippen LogP contribution in [0.5, 0.6) is 0 Å². The van der Waals surface area contributed by atoms with Crippen molar-refractivity contribution in [3.8, 4) is 0 Å². The van der Waals surface area contributed by atoms with Crippen molar-refractivity contribution in [2.75, 3.05) is 7.05 Å². The van der Waals surface area contributed by atoms with E-state index < -0.39 is 10.0 Å². The van der Waals surface area contributed by atoms with Gasteiger partial charge in [-0.1, -0.05) is 13.8 Å². The molecule has 1 amide bonds. The Morgan fingerprint density at radius 2 is 1.63 bits per heavy atom. The van der Waals surface area contributed by atoms with Crippen LogP contribution >= 0.6 is 0 Å². The van der Waals surface area contributed by atoms with Crippen molar-refractivity contribution in [1.29, 1.82) is 0 Å². The van der Waals surface area contributed by atoms with Gasteiger partial charge in [-0.15, -0.1) is 0 Å². The highest BCUT2D eigenvalue weighted by molar-refractivity contribution is 7.89. The molecule has 1 atom stereocenters. The molecule has 0 saturated carbocycles. The Morgan fingerprint density at radius 1 is 1.11 bits per heavy atom. The molecule has 0 spiro atoms. The van der Waals surface area contributed by atoms with Crippen LogP contribution in [-0.4, -0.2) is 27.4 Å². The van der Waals surface area contributed by atoms with E-state index in [4.69, 9.17) is 0 Å². The minimum absolute atomic E-state index is 0.149. The zero-order chi connectivity index (χ0) is 14.6. The first-order valence-corrected chi connectivity index (χ1v) is 7.60. The summed E-state index contributed by atoms with van der Waals surface area (Å²) >= 11 is 0. The molecular weight excluding hydrogens is 264 g/mol. The predicted molar refractivity (Wildman–Crippen MR) is 74.5 cm³/mol. The number of carbonyl (C=O) groups excluding carboxylic acids is 1. The first kappa shape index (κ1) is 15.7. The molecule has 0 aromatic heterocycles. The van der Waals surface area contributed by atoms with Gasteiger partial charge in [0.25, 0.3) is 5.91 Å². The third-order valence-corrected chi connectivity index (χ3v) is 4.57. The fraction of sp³-hybridized carbons (Fsp3) is 0.462. The van der Waals surface area contributed by atoms with Crippen molar-refractivity contribution in [2.45, 2.75) is 31.7 Å². The molecule has 0 aliphatic carbocycles. The van der Waals surface area contributed by atoms with Crippen molar-refractivity contribution < 1.29 is 13.2 Å². The molecule has 0 aliphatic rings. The minimum Gasteiger partial charge on any atom is -0.355 e. The largest absolute Gasteiger partial charge is 0.355 e. The maximum Gasteiger partial charge on any atom is 0.251 e. The van der Waals surface area contributed by atoms with Crippen LogP contribution in [0.1, 0.15) is 31.1 Å². The van der Waals surface area contributed by atoms with Gasteiger partial charge in [0.05, 0.1) is 4.90 Å². The number of hydrogen-bond acceptors (Lipinski definition) is 3. The number of rotatable bonds is 5. The summed E-state index contributed by atoms with van der Waals surface area (Å²) in [6, 6.07) is 5.70. The summed E-state index contributed by atoms with van der Waals surface area (Å²) < 4.78 is 26.8. The third-order valence-electron chi connectivity index (χ3n) is 2.99. The molecule has 1 aromatic rings. The summed E-state index contributed by atoms with van der Waals surface area (Å²) in [5.74, 6) is -0.0348. The lowest BCUT2D eigenvalue weighted by Crippen LogP contribution is -2.36. The standard InChI is InChI=1S/C13H20N2O3S/c1-9(2)10(3)15-19(17,18)12-7-5-11(6-8-12)13(16)14-4/h5-10,15H,1-4H3,(H,14,16)/t10-/m0/s1.